The number of azo groups is 1. The van der Waals surface area contributed by atoms with Gasteiger partial charge in [-0.05, 0) is 43.7 Å². The third-order valence-electron chi connectivity index (χ3n) is 4.43. The van der Waals surface area contributed by atoms with Crippen LogP contribution in [0.1, 0.15) is 27.3 Å². The largest absolute Gasteiger partial charge is 0.493 e. The monoisotopic (exact) mass is 417 g/mol. The number of hydrogen-bond donors (Lipinski definition) is 2. The van der Waals surface area contributed by atoms with Crippen molar-refractivity contribution in [1.29, 1.82) is 0 Å². The van der Waals surface area contributed by atoms with Crippen LogP contribution in [0.25, 0.3) is 10.9 Å². The molecule has 0 saturated carbocycles. The van der Waals surface area contributed by atoms with Gasteiger partial charge >= 0.3 is 0 Å². The van der Waals surface area contributed by atoms with Crippen LogP contribution < -0.4 is 0 Å². The lowest BCUT2D eigenvalue weighted by Crippen LogP contribution is -1.95. The summed E-state index contributed by atoms with van der Waals surface area (Å²) >= 11 is 1.55. The number of aromatic amines is 1. The van der Waals surface area contributed by atoms with Crippen molar-refractivity contribution in [3.05, 3.63) is 77.1 Å². The van der Waals surface area contributed by atoms with Crippen molar-refractivity contribution in [1.82, 2.24) is 15.0 Å². The predicted octanol–water partition coefficient (Wildman–Crippen LogP) is 5.50. The summed E-state index contributed by atoms with van der Waals surface area (Å²) in [4.78, 5) is 24.0. The van der Waals surface area contributed by atoms with Gasteiger partial charge in [0.1, 0.15) is 0 Å². The highest BCUT2D eigenvalue weighted by atomic mass is 32.2. The maximum absolute atomic E-state index is 12.4. The van der Waals surface area contributed by atoms with Crippen molar-refractivity contribution >= 4 is 34.3 Å². The first kappa shape index (κ1) is 19.8. The fourth-order valence-electron chi connectivity index (χ4n) is 3.02. The second kappa shape index (κ2) is 8.46. The van der Waals surface area contributed by atoms with Gasteiger partial charge in [0.25, 0.3) is 5.91 Å². The molecule has 150 valence electrons. The van der Waals surface area contributed by atoms with Gasteiger partial charge in [-0.15, -0.1) is 10.2 Å². The Labute approximate surface area is 177 Å². The Morgan fingerprint density at radius 3 is 2.50 bits per heavy atom. The molecule has 0 aliphatic rings. The Morgan fingerprint density at radius 1 is 1.07 bits per heavy atom. The molecule has 0 bridgehead atoms. The lowest BCUT2D eigenvalue weighted by Gasteiger charge is -2.04. The van der Waals surface area contributed by atoms with E-state index in [1.54, 1.807) is 30.0 Å². The molecule has 2 heterocycles. The van der Waals surface area contributed by atoms with Crippen molar-refractivity contribution in [3.8, 4) is 5.88 Å². The van der Waals surface area contributed by atoms with Gasteiger partial charge in [0.2, 0.25) is 5.88 Å². The van der Waals surface area contributed by atoms with Gasteiger partial charge in [-0.1, -0.05) is 42.1 Å². The van der Waals surface area contributed by atoms with Gasteiger partial charge in [0.05, 0.1) is 5.52 Å². The van der Waals surface area contributed by atoms with E-state index in [1.165, 1.54) is 0 Å². The average molecular weight is 417 g/mol. The molecule has 0 spiro atoms. The molecule has 0 saturated heterocycles. The van der Waals surface area contributed by atoms with Gasteiger partial charge in [0.15, 0.2) is 10.8 Å². The number of aromatic hydroxyl groups is 1. The highest BCUT2D eigenvalue weighted by Crippen LogP contribution is 2.35. The Morgan fingerprint density at radius 2 is 1.77 bits per heavy atom. The first-order chi connectivity index (χ1) is 14.5. The van der Waals surface area contributed by atoms with Crippen molar-refractivity contribution in [3.63, 3.8) is 0 Å². The number of rotatable bonds is 5. The molecule has 0 aliphatic carbocycles. The van der Waals surface area contributed by atoms with Crippen molar-refractivity contribution in [2.75, 3.05) is 0 Å². The second-order valence-electron chi connectivity index (χ2n) is 6.79. The number of carbonyl (C=O) groups excluding carboxylic acids is 1. The molecule has 2 aromatic heterocycles. The number of aryl methyl sites for hydroxylation is 2. The summed E-state index contributed by atoms with van der Waals surface area (Å²) in [6, 6.07) is 16.4. The molecule has 8 heteroatoms. The SMILES string of the molecule is Cc1cc(C)nc(SCc2ccc(C(=O)N=Nc3c(O)[nH]c4ccccc34)cc2)n1. The molecule has 0 unspecified atom stereocenters. The number of aromatic nitrogens is 3. The molecule has 7 nitrogen and oxygen atoms in total. The molecule has 4 aromatic rings. The summed E-state index contributed by atoms with van der Waals surface area (Å²) in [7, 11) is 0. The number of thioether (sulfide) groups is 1. The molecule has 0 atom stereocenters. The van der Waals surface area contributed by atoms with Gasteiger partial charge in [-0.25, -0.2) is 9.97 Å². The van der Waals surface area contributed by atoms with Crippen LogP contribution in [-0.4, -0.2) is 26.0 Å². The summed E-state index contributed by atoms with van der Waals surface area (Å²) in [5, 5.41) is 19.2. The summed E-state index contributed by atoms with van der Waals surface area (Å²) in [6.07, 6.45) is 0. The van der Waals surface area contributed by atoms with E-state index in [9.17, 15) is 9.90 Å². The summed E-state index contributed by atoms with van der Waals surface area (Å²) in [6.45, 7) is 3.90. The Bertz CT molecular complexity index is 1230. The van der Waals surface area contributed by atoms with E-state index >= 15 is 0 Å². The molecule has 4 rings (SSSR count). The first-order valence-electron chi connectivity index (χ1n) is 9.29. The van der Waals surface area contributed by atoms with Crippen LogP contribution in [0.5, 0.6) is 5.88 Å². The summed E-state index contributed by atoms with van der Waals surface area (Å²) < 4.78 is 0. The minimum Gasteiger partial charge on any atom is -0.493 e. The third-order valence-corrected chi connectivity index (χ3v) is 5.35. The van der Waals surface area contributed by atoms with Gasteiger partial charge in [-0.2, -0.15) is 0 Å². The van der Waals surface area contributed by atoms with Crippen LogP contribution in [0.2, 0.25) is 0 Å². The molecular weight excluding hydrogens is 398 g/mol. The zero-order chi connectivity index (χ0) is 21.1. The average Bonchev–Trinajstić information content (AvgIpc) is 3.05. The van der Waals surface area contributed by atoms with E-state index in [1.807, 2.05) is 50.2 Å². The van der Waals surface area contributed by atoms with Crippen LogP contribution in [-0.2, 0) is 5.75 Å². The molecule has 30 heavy (non-hydrogen) atoms. The van der Waals surface area contributed by atoms with Crippen LogP contribution in [0.3, 0.4) is 0 Å². The number of amides is 1. The van der Waals surface area contributed by atoms with Gasteiger partial charge in [0, 0.05) is 28.1 Å². The number of para-hydroxylation sites is 1. The first-order valence-corrected chi connectivity index (χ1v) is 10.3. The van der Waals surface area contributed by atoms with Crippen LogP contribution >= 0.6 is 11.8 Å². The number of nitrogens with zero attached hydrogens (tertiary/aromatic N) is 4. The molecule has 2 aromatic carbocycles. The van der Waals surface area contributed by atoms with Crippen molar-refractivity contribution in [2.45, 2.75) is 24.8 Å². The minimum atomic E-state index is -0.475. The molecule has 2 N–H and O–H groups in total. The standard InChI is InChI=1S/C22H19N5O2S/c1-13-11-14(2)24-22(23-13)30-12-15-7-9-16(10-8-15)20(28)27-26-19-17-5-3-4-6-18(17)25-21(19)29/h3-11,25,29H,12H2,1-2H3. The van der Waals surface area contributed by atoms with Crippen LogP contribution in [0, 0.1) is 13.8 Å². The normalized spacial score (nSPS) is 11.4. The molecule has 1 amide bonds. The number of fused-ring (bicyclic) bond motifs is 1. The molecule has 0 aliphatic heterocycles. The zero-order valence-electron chi connectivity index (χ0n) is 16.5. The van der Waals surface area contributed by atoms with Crippen molar-refractivity contribution in [2.24, 2.45) is 10.2 Å². The second-order valence-corrected chi connectivity index (χ2v) is 7.73. The third kappa shape index (κ3) is 4.38. The fraction of sp³-hybridized carbons (Fsp3) is 0.136. The molecule has 0 radical (unpaired) electrons. The lowest BCUT2D eigenvalue weighted by molar-refractivity contribution is 0.0995. The maximum Gasteiger partial charge on any atom is 0.295 e. The summed E-state index contributed by atoms with van der Waals surface area (Å²) in [5.41, 5.74) is 4.33. The number of hydrogen-bond acceptors (Lipinski definition) is 6. The predicted molar refractivity (Wildman–Crippen MR) is 116 cm³/mol. The fourth-order valence-corrected chi connectivity index (χ4v) is 3.92. The molecule has 0 fully saturated rings. The van der Waals surface area contributed by atoms with E-state index in [0.29, 0.717) is 16.7 Å². The quantitative estimate of drug-likeness (QED) is 0.254. The van der Waals surface area contributed by atoms with E-state index in [0.717, 1.165) is 27.6 Å². The van der Waals surface area contributed by atoms with E-state index in [-0.39, 0.29) is 11.6 Å². The van der Waals surface area contributed by atoms with Crippen LogP contribution in [0.4, 0.5) is 5.69 Å². The van der Waals surface area contributed by atoms with E-state index in [4.69, 9.17) is 0 Å². The van der Waals surface area contributed by atoms with Gasteiger partial charge < -0.3 is 10.1 Å². The van der Waals surface area contributed by atoms with Crippen LogP contribution in [0.15, 0.2) is 70.0 Å². The highest BCUT2D eigenvalue weighted by Gasteiger charge is 2.11. The highest BCUT2D eigenvalue weighted by molar-refractivity contribution is 7.98. The van der Waals surface area contributed by atoms with E-state index in [2.05, 4.69) is 25.2 Å². The van der Waals surface area contributed by atoms with Crippen molar-refractivity contribution < 1.29 is 9.90 Å². The lowest BCUT2D eigenvalue weighted by atomic mass is 10.1. The Kier molecular flexibility index (Phi) is 5.58. The number of carbonyl (C=O) groups is 1. The minimum absolute atomic E-state index is 0.117. The van der Waals surface area contributed by atoms with E-state index < -0.39 is 5.91 Å². The smallest absolute Gasteiger partial charge is 0.295 e. The molecular formula is C22H19N5O2S. The van der Waals surface area contributed by atoms with Gasteiger partial charge in [-0.3, -0.25) is 4.79 Å². The zero-order valence-corrected chi connectivity index (χ0v) is 17.3. The Balaban J connectivity index is 1.43. The number of H-pyrrole nitrogens is 1. The topological polar surface area (TPSA) is 104 Å². The summed E-state index contributed by atoms with van der Waals surface area (Å²) in [5.74, 6) is 0.104. The maximum atomic E-state index is 12.4. The number of nitrogens with one attached hydrogen (secondary N) is 1. The number of benzene rings is 2. The Hall–Kier alpha value is -3.52.